The molecule has 0 spiro atoms. The first-order chi connectivity index (χ1) is 61.8. The lowest BCUT2D eigenvalue weighted by Gasteiger charge is -2.31. The minimum absolute atomic E-state index is 0.0150. The van der Waals surface area contributed by atoms with Gasteiger partial charge in [0.2, 0.25) is 69.1 Å². The van der Waals surface area contributed by atoms with Gasteiger partial charge in [-0.1, -0.05) is 155 Å². The predicted octanol–water partition coefficient (Wildman–Crippen LogP) is 3.50. The number of primary amides is 2. The van der Waals surface area contributed by atoms with Gasteiger partial charge in [0, 0.05) is 112 Å². The summed E-state index contributed by atoms with van der Waals surface area (Å²) in [5.74, 6) is -8.80. The molecule has 0 unspecified atom stereocenters. The van der Waals surface area contributed by atoms with Gasteiger partial charge in [-0.25, -0.2) is 22.7 Å². The summed E-state index contributed by atoms with van der Waals surface area (Å²) in [6, 6.07) is 28.4. The molecular formula is C92H116ClN19O16S. The number of amides is 14. The van der Waals surface area contributed by atoms with Crippen molar-refractivity contribution < 1.29 is 75.8 Å². The van der Waals surface area contributed by atoms with Crippen molar-refractivity contribution in [3.63, 3.8) is 0 Å². The van der Waals surface area contributed by atoms with Crippen molar-refractivity contribution in [2.75, 3.05) is 64.4 Å². The first-order valence-corrected chi connectivity index (χ1v) is 45.1. The van der Waals surface area contributed by atoms with Crippen molar-refractivity contribution in [1.29, 1.82) is 0 Å². The fourth-order valence-electron chi connectivity index (χ4n) is 15.1. The first kappa shape index (κ1) is 98.6. The number of para-hydroxylation sites is 1. The topological polar surface area (TPSA) is 509 Å². The van der Waals surface area contributed by atoms with Gasteiger partial charge < -0.3 is 90.0 Å². The van der Waals surface area contributed by atoms with Gasteiger partial charge in [-0.05, 0) is 145 Å². The number of aliphatic hydroxyl groups excluding tert-OH is 1. The molecule has 2 aliphatic heterocycles. The van der Waals surface area contributed by atoms with Crippen molar-refractivity contribution >= 4 is 120 Å². The number of aliphatic hydroxyl groups is 1. The average molecular weight is 1810 g/mol. The fourth-order valence-corrected chi connectivity index (χ4v) is 16.5. The number of morpholine rings is 1. The molecule has 37 heteroatoms. The lowest BCUT2D eigenvalue weighted by molar-refractivity contribution is -0.142. The second kappa shape index (κ2) is 48.6. The van der Waals surface area contributed by atoms with E-state index in [1.807, 2.05) is 62.4 Å². The quantitative estimate of drug-likeness (QED) is 0.0243. The third-order valence-corrected chi connectivity index (χ3v) is 23.8. The number of pyridine rings is 2. The van der Waals surface area contributed by atoms with Gasteiger partial charge in [-0.15, -0.1) is 0 Å². The third kappa shape index (κ3) is 30.6. The van der Waals surface area contributed by atoms with Crippen molar-refractivity contribution in [1.82, 2.24) is 83.0 Å². The molecule has 0 radical (unpaired) electrons. The van der Waals surface area contributed by atoms with Crippen LogP contribution >= 0.6 is 11.6 Å². The van der Waals surface area contributed by atoms with Crippen molar-refractivity contribution in [3.8, 4) is 0 Å². The van der Waals surface area contributed by atoms with E-state index in [-0.39, 0.29) is 99.1 Å². The second-order valence-electron chi connectivity index (χ2n) is 32.9. The molecule has 2 aliphatic rings. The number of fused-ring (bicyclic) bond motifs is 2. The summed E-state index contributed by atoms with van der Waals surface area (Å²) < 4.78 is 34.9. The molecule has 8 aromatic rings. The van der Waals surface area contributed by atoms with E-state index < -0.39 is 148 Å². The van der Waals surface area contributed by atoms with Gasteiger partial charge in [0.25, 0.3) is 0 Å². The molecular weight excluding hydrogens is 1690 g/mol. The molecule has 2 aromatic heterocycles. The standard InChI is InChI=1S/C92H116ClN19O16S/c1-56(2)46-71(82(115)103-70(19-8-9-37-97-57(3)4)90(123)112-41-13-20-78(112)89(122)101-58(5)81(94)114)104-83(116)73(50-61-29-34-69(35-30-61)102-92(125)99-39-40-100-129(126,127)79-21-10-17-66-18-12-38-98-80(66)79)105-85(118)74(48-59-22-24-62(25-23-59)54-111-42-44-128-45-43-111)108-88(121)77(55-113)109-86(119)75(52-64-14-11-36-96-53-64)107-84(117)72(49-60-27-32-68(93)33-28-60)106-87(120)76(110-91(95)124)51-63-26-31-65-15-6-7-16-67(65)47-63/h6-7,10-12,14-18,21-36,38,47,53,56-58,70-78,97,100,113H,8-9,13,19-20,37,39-46,48-52,54-55H2,1-5H3,(H2,94,114)(H,101,122)(H,103,115)(H,104,116)(H,105,118)(H,106,120)(H,107,117)(H,108,121)(H,109,119)(H3,95,110,124)(H2,99,102,125)/t58-,70+,71+,72-,73-,74+,75-,76-,77+,78+/m1/s1. The molecule has 0 aliphatic carbocycles. The SMILES string of the molecule is CC(C)C[C@H](NC(=O)[C@@H](Cc1ccc(NC(=O)NCCNS(=O)(=O)c2cccc3cccnc23)cc1)NC(=O)[C@H](Cc1ccc(CN2CCOCC2)cc1)NC(=O)[C@H](CO)NC(=O)[C@@H](Cc1cccnc1)NC(=O)[C@@H](Cc1ccc(Cl)cc1)NC(=O)[C@@H](Cc1ccc2ccccc2c1)NC(N)=O)C(=O)N[C@@H](CCCCNC(C)C)C(=O)N1CCC[C@H]1C(=O)N[C@H](C)C(N)=O. The number of unbranched alkanes of at least 4 members (excludes halogenated alkanes) is 1. The van der Waals surface area contributed by atoms with Crippen LogP contribution in [-0.4, -0.2) is 230 Å². The molecule has 10 rings (SSSR count). The number of ether oxygens (including phenoxy) is 1. The Kier molecular flexibility index (Phi) is 37.1. The van der Waals surface area contributed by atoms with E-state index in [1.165, 1.54) is 48.6 Å². The molecule has 2 saturated heterocycles. The minimum Gasteiger partial charge on any atom is -0.394 e. The van der Waals surface area contributed by atoms with Gasteiger partial charge >= 0.3 is 12.1 Å². The molecule has 18 N–H and O–H groups in total. The Labute approximate surface area is 754 Å². The number of aromatic nitrogens is 2. The number of hydrogen-bond acceptors (Lipinski definition) is 20. The van der Waals surface area contributed by atoms with E-state index in [1.54, 1.807) is 105 Å². The molecule has 35 nitrogen and oxygen atoms in total. The maximum Gasteiger partial charge on any atom is 0.319 e. The summed E-state index contributed by atoms with van der Waals surface area (Å²) in [5, 5.41) is 47.1. The number of sulfonamides is 1. The van der Waals surface area contributed by atoms with E-state index in [9.17, 15) is 42.3 Å². The van der Waals surface area contributed by atoms with E-state index in [0.717, 1.165) is 16.3 Å². The number of urea groups is 2. The maximum absolute atomic E-state index is 15.7. The normalized spacial score (nSPS) is 15.6. The van der Waals surface area contributed by atoms with Crippen LogP contribution in [0.3, 0.4) is 0 Å². The molecule has 6 aromatic carbocycles. The van der Waals surface area contributed by atoms with Crippen LogP contribution in [0.25, 0.3) is 21.7 Å². The molecule has 0 saturated carbocycles. The Balaban J connectivity index is 0.929. The molecule has 0 bridgehead atoms. The zero-order valence-corrected chi connectivity index (χ0v) is 74.4. The van der Waals surface area contributed by atoms with Crippen molar-refractivity contribution in [2.45, 2.75) is 183 Å². The van der Waals surface area contributed by atoms with Crippen LogP contribution < -0.4 is 80.0 Å². The van der Waals surface area contributed by atoms with E-state index >= 15 is 28.8 Å². The Hall–Kier alpha value is -12.6. The van der Waals surface area contributed by atoms with Crippen LogP contribution in [0, 0.1) is 5.92 Å². The van der Waals surface area contributed by atoms with Crippen LogP contribution in [0.2, 0.25) is 5.02 Å². The highest BCUT2D eigenvalue weighted by Gasteiger charge is 2.41. The number of nitrogens with two attached hydrogens (primary N) is 2. The number of rotatable bonds is 46. The molecule has 4 heterocycles. The Bertz CT molecular complexity index is 5300. The van der Waals surface area contributed by atoms with Gasteiger partial charge in [0.1, 0.15) is 65.3 Å². The number of nitrogens with one attached hydrogen (secondary N) is 13. The highest BCUT2D eigenvalue weighted by molar-refractivity contribution is 7.89. The van der Waals surface area contributed by atoms with Crippen LogP contribution in [-0.2, 0) is 101 Å². The Morgan fingerprint density at radius 1 is 0.519 bits per heavy atom. The number of hydrogen-bond donors (Lipinski definition) is 16. The molecule has 2 fully saturated rings. The van der Waals surface area contributed by atoms with Gasteiger partial charge in [0.05, 0.1) is 25.3 Å². The lowest BCUT2D eigenvalue weighted by Crippen LogP contribution is -2.62. The first-order valence-electron chi connectivity index (χ1n) is 43.2. The number of likely N-dealkylation sites (tertiary alicyclic amines) is 1. The number of carbonyl (C=O) groups excluding carboxylic acids is 12. The van der Waals surface area contributed by atoms with Gasteiger partial charge in [-0.3, -0.25) is 62.8 Å². The number of halogens is 1. The summed E-state index contributed by atoms with van der Waals surface area (Å²) in [6.07, 6.45) is 5.07. The summed E-state index contributed by atoms with van der Waals surface area (Å²) in [6.45, 7) is 11.3. The minimum atomic E-state index is -4.07. The van der Waals surface area contributed by atoms with Crippen molar-refractivity contribution in [3.05, 3.63) is 215 Å². The van der Waals surface area contributed by atoms with Gasteiger partial charge in [0.15, 0.2) is 0 Å². The summed E-state index contributed by atoms with van der Waals surface area (Å²) in [4.78, 5) is 185. The lowest BCUT2D eigenvalue weighted by atomic mass is 9.99. The van der Waals surface area contributed by atoms with E-state index in [0.29, 0.717) is 96.9 Å². The Morgan fingerprint density at radius 2 is 1.04 bits per heavy atom. The zero-order chi connectivity index (χ0) is 92.7. The van der Waals surface area contributed by atoms with Crippen LogP contribution in [0.4, 0.5) is 15.3 Å². The highest BCUT2D eigenvalue weighted by Crippen LogP contribution is 2.25. The molecule has 10 atom stereocenters. The van der Waals surface area contributed by atoms with Crippen LogP contribution in [0.15, 0.2) is 181 Å². The van der Waals surface area contributed by atoms with E-state index in [4.69, 9.17) is 27.8 Å². The highest BCUT2D eigenvalue weighted by atomic mass is 35.5. The monoisotopic (exact) mass is 1810 g/mol. The second-order valence-corrected chi connectivity index (χ2v) is 35.1. The number of nitrogens with zero attached hydrogens (tertiary/aromatic N) is 4. The summed E-state index contributed by atoms with van der Waals surface area (Å²) >= 11 is 6.29. The van der Waals surface area contributed by atoms with Crippen LogP contribution in [0.1, 0.15) is 107 Å². The predicted molar refractivity (Wildman–Crippen MR) is 486 cm³/mol. The van der Waals surface area contributed by atoms with Gasteiger partial charge in [-0.2, -0.15) is 0 Å². The van der Waals surface area contributed by atoms with E-state index in [2.05, 4.69) is 83.4 Å². The zero-order valence-electron chi connectivity index (χ0n) is 72.8. The molecule has 129 heavy (non-hydrogen) atoms. The largest absolute Gasteiger partial charge is 0.394 e. The molecule has 688 valence electrons. The van der Waals surface area contributed by atoms with Crippen molar-refractivity contribution in [2.24, 2.45) is 17.4 Å². The smallest absolute Gasteiger partial charge is 0.319 e. The Morgan fingerprint density at radius 3 is 1.63 bits per heavy atom. The molecule has 14 amide bonds. The number of carbonyl (C=O) groups is 12. The number of benzene rings is 6. The summed E-state index contributed by atoms with van der Waals surface area (Å²) in [7, 11) is -4.07. The average Bonchev–Trinajstić information content (AvgIpc) is 1.40. The fraction of sp³-hybridized carbons (Fsp3) is 0.413. The number of anilines is 1. The maximum atomic E-state index is 15.7. The summed E-state index contributed by atoms with van der Waals surface area (Å²) in [5.41, 5.74) is 15.0. The third-order valence-electron chi connectivity index (χ3n) is 22.0. The van der Waals surface area contributed by atoms with Crippen LogP contribution in [0.5, 0.6) is 0 Å².